The fraction of sp³-hybridized carbons (Fsp3) is 0.182. The summed E-state index contributed by atoms with van der Waals surface area (Å²) in [6, 6.07) is 2.63. The third-order valence-electron chi connectivity index (χ3n) is 2.63. The fourth-order valence-corrected chi connectivity index (χ4v) is 4.07. The molecule has 8 nitrogen and oxygen atoms in total. The number of hydrogen-bond acceptors (Lipinski definition) is 6. The highest BCUT2D eigenvalue weighted by atomic mass is 35.5. The second-order valence-electron chi connectivity index (χ2n) is 4.27. The number of amides is 4. The Kier molecular flexibility index (Phi) is 5.40. The molecule has 0 bridgehead atoms. The molecule has 12 heteroatoms. The summed E-state index contributed by atoms with van der Waals surface area (Å²) in [6.07, 6.45) is 0. The molecule has 1 aromatic carbocycles. The lowest BCUT2D eigenvalue weighted by atomic mass is 10.4. The number of urea groups is 1. The van der Waals surface area contributed by atoms with Gasteiger partial charge in [-0.15, -0.1) is 0 Å². The van der Waals surface area contributed by atoms with E-state index in [1.54, 1.807) is 4.72 Å². The average Bonchev–Trinajstić information content (AvgIpc) is 2.73. The lowest BCUT2D eigenvalue weighted by molar-refractivity contribution is -0.118. The van der Waals surface area contributed by atoms with Crippen molar-refractivity contribution in [3.05, 3.63) is 28.2 Å². The summed E-state index contributed by atoms with van der Waals surface area (Å²) < 4.78 is 25.8. The third kappa shape index (κ3) is 4.50. The first-order valence-electron chi connectivity index (χ1n) is 5.96. The predicted octanol–water partition coefficient (Wildman–Crippen LogP) is 1.33. The summed E-state index contributed by atoms with van der Waals surface area (Å²) in [4.78, 5) is 33.6. The number of carbonyl (C=O) groups is 3. The lowest BCUT2D eigenvalue weighted by Crippen LogP contribution is -2.43. The van der Waals surface area contributed by atoms with Crippen molar-refractivity contribution in [2.24, 2.45) is 0 Å². The zero-order valence-electron chi connectivity index (χ0n) is 11.1. The molecular weight excluding hydrogens is 389 g/mol. The van der Waals surface area contributed by atoms with Crippen LogP contribution in [0.5, 0.6) is 0 Å². The Balaban J connectivity index is 1.99. The van der Waals surface area contributed by atoms with E-state index in [4.69, 9.17) is 23.2 Å². The van der Waals surface area contributed by atoms with Crippen LogP contribution in [0, 0.1) is 0 Å². The molecule has 2 rings (SSSR count). The standard InChI is InChI=1S/C11H9Cl2N3O5S2/c12-5-1-2-8(6(13)3-5)23(20,21)16-10(18)14-4-7-9(17)15-11(19)22-7/h1-3,7H,4H2,(H2,14,16,18)(H,15,17,19). The normalized spacial score (nSPS) is 17.7. The molecule has 1 aliphatic heterocycles. The smallest absolute Gasteiger partial charge is 0.328 e. The molecule has 4 amide bonds. The number of nitrogens with one attached hydrogen (secondary N) is 3. The van der Waals surface area contributed by atoms with Gasteiger partial charge in [0, 0.05) is 11.6 Å². The number of benzene rings is 1. The van der Waals surface area contributed by atoms with Crippen molar-refractivity contribution in [1.29, 1.82) is 0 Å². The first kappa shape index (κ1) is 17.9. The highest BCUT2D eigenvalue weighted by molar-refractivity contribution is 8.15. The molecule has 1 heterocycles. The van der Waals surface area contributed by atoms with Crippen LogP contribution in [0.2, 0.25) is 10.0 Å². The van der Waals surface area contributed by atoms with E-state index in [2.05, 4.69) is 5.32 Å². The number of imide groups is 1. The minimum atomic E-state index is -4.20. The number of rotatable bonds is 4. The van der Waals surface area contributed by atoms with Gasteiger partial charge in [0.05, 0.1) is 5.02 Å². The van der Waals surface area contributed by atoms with Crippen molar-refractivity contribution in [3.63, 3.8) is 0 Å². The van der Waals surface area contributed by atoms with E-state index < -0.39 is 32.5 Å². The Bertz CT molecular complexity index is 784. The highest BCUT2D eigenvalue weighted by Gasteiger charge is 2.32. The number of carbonyl (C=O) groups excluding carboxylic acids is 3. The number of hydrogen-bond donors (Lipinski definition) is 3. The van der Waals surface area contributed by atoms with Gasteiger partial charge in [-0.2, -0.15) is 0 Å². The molecule has 0 aliphatic carbocycles. The molecule has 1 fully saturated rings. The molecule has 1 saturated heterocycles. The van der Waals surface area contributed by atoms with Crippen LogP contribution in [0.25, 0.3) is 0 Å². The Morgan fingerprint density at radius 1 is 1.30 bits per heavy atom. The van der Waals surface area contributed by atoms with Gasteiger partial charge in [-0.1, -0.05) is 23.2 Å². The summed E-state index contributed by atoms with van der Waals surface area (Å²) >= 11 is 12.2. The maximum absolute atomic E-state index is 12.0. The minimum Gasteiger partial charge on any atom is -0.336 e. The van der Waals surface area contributed by atoms with Gasteiger partial charge in [-0.25, -0.2) is 17.9 Å². The molecule has 1 atom stereocenters. The van der Waals surface area contributed by atoms with E-state index >= 15 is 0 Å². The van der Waals surface area contributed by atoms with Crippen molar-refractivity contribution in [3.8, 4) is 0 Å². The Hall–Kier alpha value is -1.49. The molecule has 0 radical (unpaired) electrons. The molecule has 1 unspecified atom stereocenters. The number of sulfonamides is 1. The largest absolute Gasteiger partial charge is 0.336 e. The van der Waals surface area contributed by atoms with E-state index in [1.807, 2.05) is 5.32 Å². The molecule has 3 N–H and O–H groups in total. The van der Waals surface area contributed by atoms with E-state index in [0.717, 1.165) is 6.07 Å². The maximum atomic E-state index is 12.0. The van der Waals surface area contributed by atoms with Crippen LogP contribution < -0.4 is 15.4 Å². The Morgan fingerprint density at radius 3 is 2.57 bits per heavy atom. The molecule has 1 aromatic rings. The lowest BCUT2D eigenvalue weighted by Gasteiger charge is -2.11. The molecule has 0 spiro atoms. The second-order valence-corrected chi connectivity index (χ2v) is 7.94. The van der Waals surface area contributed by atoms with Crippen LogP contribution in [0.1, 0.15) is 0 Å². The first-order valence-corrected chi connectivity index (χ1v) is 9.08. The molecule has 124 valence electrons. The molecule has 0 aromatic heterocycles. The zero-order valence-corrected chi connectivity index (χ0v) is 14.3. The second kappa shape index (κ2) is 6.95. The Morgan fingerprint density at radius 2 is 2.00 bits per heavy atom. The van der Waals surface area contributed by atoms with Crippen molar-refractivity contribution >= 4 is 62.2 Å². The summed E-state index contributed by atoms with van der Waals surface area (Å²) in [5.74, 6) is -0.552. The van der Waals surface area contributed by atoms with Crippen LogP contribution in [-0.4, -0.2) is 37.4 Å². The quantitative estimate of drug-likeness (QED) is 0.704. The van der Waals surface area contributed by atoms with Crippen LogP contribution in [0.15, 0.2) is 23.1 Å². The third-order valence-corrected chi connectivity index (χ3v) is 5.66. The van der Waals surface area contributed by atoms with Gasteiger partial charge in [0.2, 0.25) is 5.91 Å². The minimum absolute atomic E-state index is 0.144. The van der Waals surface area contributed by atoms with E-state index in [9.17, 15) is 22.8 Å². The van der Waals surface area contributed by atoms with Gasteiger partial charge in [-0.05, 0) is 30.0 Å². The first-order chi connectivity index (χ1) is 10.7. The van der Waals surface area contributed by atoms with Gasteiger partial charge < -0.3 is 5.32 Å². The SMILES string of the molecule is O=C(NCC1SC(=O)NC1=O)NS(=O)(=O)c1ccc(Cl)cc1Cl. The molecule has 0 saturated carbocycles. The van der Waals surface area contributed by atoms with Crippen LogP contribution in [0.3, 0.4) is 0 Å². The van der Waals surface area contributed by atoms with Crippen LogP contribution in [-0.2, 0) is 14.8 Å². The summed E-state index contributed by atoms with van der Waals surface area (Å²) in [6.45, 7) is -0.210. The molecule has 1 aliphatic rings. The van der Waals surface area contributed by atoms with Gasteiger partial charge in [0.25, 0.3) is 15.3 Å². The van der Waals surface area contributed by atoms with E-state index in [1.165, 1.54) is 12.1 Å². The summed E-state index contributed by atoms with van der Waals surface area (Å²) in [5.41, 5.74) is 0. The van der Waals surface area contributed by atoms with E-state index in [0.29, 0.717) is 11.8 Å². The monoisotopic (exact) mass is 397 g/mol. The van der Waals surface area contributed by atoms with Crippen molar-refractivity contribution < 1.29 is 22.8 Å². The van der Waals surface area contributed by atoms with Gasteiger partial charge >= 0.3 is 6.03 Å². The fourth-order valence-electron chi connectivity index (χ4n) is 1.62. The average molecular weight is 398 g/mol. The highest BCUT2D eigenvalue weighted by Crippen LogP contribution is 2.24. The van der Waals surface area contributed by atoms with Gasteiger partial charge in [0.15, 0.2) is 0 Å². The number of halogens is 2. The topological polar surface area (TPSA) is 121 Å². The van der Waals surface area contributed by atoms with Crippen LogP contribution >= 0.6 is 35.0 Å². The van der Waals surface area contributed by atoms with Crippen molar-refractivity contribution in [2.45, 2.75) is 10.1 Å². The number of thioether (sulfide) groups is 1. The van der Waals surface area contributed by atoms with Crippen LogP contribution in [0.4, 0.5) is 9.59 Å². The Labute approximate surface area is 145 Å². The predicted molar refractivity (Wildman–Crippen MR) is 85.1 cm³/mol. The summed E-state index contributed by atoms with van der Waals surface area (Å²) in [7, 11) is -4.20. The van der Waals surface area contributed by atoms with Crippen molar-refractivity contribution in [1.82, 2.24) is 15.4 Å². The molecular formula is C11H9Cl2N3O5S2. The molecule has 23 heavy (non-hydrogen) atoms. The maximum Gasteiger partial charge on any atom is 0.328 e. The van der Waals surface area contributed by atoms with E-state index in [-0.39, 0.29) is 21.5 Å². The summed E-state index contributed by atoms with van der Waals surface area (Å²) in [5, 5.41) is 3.01. The van der Waals surface area contributed by atoms with Crippen molar-refractivity contribution in [2.75, 3.05) is 6.54 Å². The zero-order chi connectivity index (χ0) is 17.2. The van der Waals surface area contributed by atoms with Gasteiger partial charge in [-0.3, -0.25) is 14.9 Å². The van der Waals surface area contributed by atoms with Gasteiger partial charge in [0.1, 0.15) is 10.1 Å².